The fourth-order valence-electron chi connectivity index (χ4n) is 1.57. The zero-order valence-corrected chi connectivity index (χ0v) is 9.77. The van der Waals surface area contributed by atoms with Crippen LogP contribution in [-0.2, 0) is 6.42 Å². The summed E-state index contributed by atoms with van der Waals surface area (Å²) in [6.45, 7) is 1.56. The van der Waals surface area contributed by atoms with Gasteiger partial charge in [0.05, 0.1) is 0 Å². The lowest BCUT2D eigenvalue weighted by atomic mass is 10.0. The van der Waals surface area contributed by atoms with Crippen molar-refractivity contribution < 1.29 is 13.5 Å². The minimum Gasteiger partial charge on any atom is -0.477 e. The standard InChI is InChI=1S/C10H9F2IO/c1-5-4-6-2-3-7(13)14-10(6)9(12)8(5)11/h4,7H,2-3H2,1H3. The van der Waals surface area contributed by atoms with E-state index in [0.29, 0.717) is 5.56 Å². The average Bonchev–Trinajstić information content (AvgIpc) is 2.16. The molecule has 0 amide bonds. The van der Waals surface area contributed by atoms with Gasteiger partial charge < -0.3 is 4.74 Å². The van der Waals surface area contributed by atoms with Gasteiger partial charge in [-0.25, -0.2) is 4.39 Å². The molecule has 1 atom stereocenters. The molecule has 0 fully saturated rings. The first-order valence-electron chi connectivity index (χ1n) is 4.38. The highest BCUT2D eigenvalue weighted by molar-refractivity contribution is 14.1. The van der Waals surface area contributed by atoms with E-state index in [-0.39, 0.29) is 9.86 Å². The molecule has 2 rings (SSSR count). The summed E-state index contributed by atoms with van der Waals surface area (Å²) in [6.07, 6.45) is 1.60. The second kappa shape index (κ2) is 3.64. The van der Waals surface area contributed by atoms with Gasteiger partial charge in [0, 0.05) is 0 Å². The number of halogens is 3. The van der Waals surface area contributed by atoms with E-state index >= 15 is 0 Å². The van der Waals surface area contributed by atoms with Crippen LogP contribution in [0.1, 0.15) is 17.5 Å². The molecule has 0 aromatic heterocycles. The Labute approximate surface area is 94.6 Å². The Bertz CT molecular complexity index is 379. The topological polar surface area (TPSA) is 9.23 Å². The van der Waals surface area contributed by atoms with E-state index in [2.05, 4.69) is 22.6 Å². The van der Waals surface area contributed by atoms with Gasteiger partial charge in [0.25, 0.3) is 0 Å². The van der Waals surface area contributed by atoms with Crippen molar-refractivity contribution >= 4 is 22.6 Å². The zero-order chi connectivity index (χ0) is 10.3. The molecule has 1 nitrogen and oxygen atoms in total. The number of hydrogen-bond acceptors (Lipinski definition) is 1. The van der Waals surface area contributed by atoms with Crippen LogP contribution < -0.4 is 4.74 Å². The molecule has 4 heteroatoms. The molecule has 1 unspecified atom stereocenters. The van der Waals surface area contributed by atoms with Crippen molar-refractivity contribution in [1.29, 1.82) is 0 Å². The highest BCUT2D eigenvalue weighted by Crippen LogP contribution is 2.34. The van der Waals surface area contributed by atoms with Gasteiger partial charge in [-0.15, -0.1) is 0 Å². The Balaban J connectivity index is 2.55. The molecule has 0 bridgehead atoms. The molecule has 0 aliphatic carbocycles. The number of fused-ring (bicyclic) bond motifs is 1. The van der Waals surface area contributed by atoms with Gasteiger partial charge in [0.15, 0.2) is 11.6 Å². The third kappa shape index (κ3) is 1.60. The van der Waals surface area contributed by atoms with Crippen LogP contribution in [0.25, 0.3) is 0 Å². The van der Waals surface area contributed by atoms with E-state index in [0.717, 1.165) is 18.4 Å². The normalized spacial score (nSPS) is 20.1. The summed E-state index contributed by atoms with van der Waals surface area (Å²) in [7, 11) is 0. The quantitative estimate of drug-likeness (QED) is 0.527. The first-order chi connectivity index (χ1) is 6.59. The molecule has 0 N–H and O–H groups in total. The minimum atomic E-state index is -0.846. The third-order valence-electron chi connectivity index (χ3n) is 2.31. The van der Waals surface area contributed by atoms with Crippen molar-refractivity contribution in [2.24, 2.45) is 0 Å². The summed E-state index contributed by atoms with van der Waals surface area (Å²) in [5.74, 6) is -1.55. The average molecular weight is 310 g/mol. The van der Waals surface area contributed by atoms with Crippen LogP contribution in [0, 0.1) is 18.6 Å². The van der Waals surface area contributed by atoms with E-state index in [1.54, 1.807) is 13.0 Å². The monoisotopic (exact) mass is 310 g/mol. The van der Waals surface area contributed by atoms with Gasteiger partial charge in [0.2, 0.25) is 5.82 Å². The van der Waals surface area contributed by atoms with Gasteiger partial charge in [-0.1, -0.05) is 0 Å². The Hall–Kier alpha value is -0.390. The maximum Gasteiger partial charge on any atom is 0.201 e. The summed E-state index contributed by atoms with van der Waals surface area (Å²) in [5, 5.41) is 0. The van der Waals surface area contributed by atoms with E-state index in [1.807, 2.05) is 0 Å². The highest BCUT2D eigenvalue weighted by atomic mass is 127. The fraction of sp³-hybridized carbons (Fsp3) is 0.400. The molecule has 1 aliphatic heterocycles. The van der Waals surface area contributed by atoms with E-state index < -0.39 is 11.6 Å². The Kier molecular flexibility index (Phi) is 2.64. The van der Waals surface area contributed by atoms with Crippen molar-refractivity contribution in [2.45, 2.75) is 23.9 Å². The van der Waals surface area contributed by atoms with Crippen molar-refractivity contribution in [2.75, 3.05) is 0 Å². The molecular formula is C10H9F2IO. The lowest BCUT2D eigenvalue weighted by molar-refractivity contribution is 0.251. The molecule has 1 heterocycles. The Morgan fingerprint density at radius 2 is 2.14 bits per heavy atom. The lowest BCUT2D eigenvalue weighted by Gasteiger charge is -2.23. The molecule has 0 saturated heterocycles. The number of alkyl halides is 1. The predicted octanol–water partition coefficient (Wildman–Crippen LogP) is 3.36. The maximum absolute atomic E-state index is 13.4. The fourth-order valence-corrected chi connectivity index (χ4v) is 2.14. The second-order valence-electron chi connectivity index (χ2n) is 3.38. The summed E-state index contributed by atoms with van der Waals surface area (Å²) in [6, 6.07) is 1.66. The Morgan fingerprint density at radius 1 is 1.43 bits per heavy atom. The summed E-state index contributed by atoms with van der Waals surface area (Å²) < 4.78 is 31.8. The number of aryl methyl sites for hydroxylation is 2. The smallest absolute Gasteiger partial charge is 0.201 e. The number of benzene rings is 1. The van der Waals surface area contributed by atoms with E-state index in [1.165, 1.54) is 0 Å². The molecule has 1 aliphatic rings. The first kappa shape index (κ1) is 10.1. The van der Waals surface area contributed by atoms with Gasteiger partial charge >= 0.3 is 0 Å². The first-order valence-corrected chi connectivity index (χ1v) is 5.62. The van der Waals surface area contributed by atoms with Gasteiger partial charge in [0.1, 0.15) is 4.11 Å². The largest absolute Gasteiger partial charge is 0.477 e. The third-order valence-corrected chi connectivity index (χ3v) is 3.18. The van der Waals surface area contributed by atoms with Gasteiger partial charge in [-0.05, 0) is 59.5 Å². The van der Waals surface area contributed by atoms with Crippen LogP contribution in [-0.4, -0.2) is 4.11 Å². The van der Waals surface area contributed by atoms with Crippen LogP contribution in [0.2, 0.25) is 0 Å². The SMILES string of the molecule is Cc1cc2c(c(F)c1F)OC(I)CC2. The van der Waals surface area contributed by atoms with Crippen molar-refractivity contribution in [1.82, 2.24) is 0 Å². The van der Waals surface area contributed by atoms with Crippen molar-refractivity contribution in [3.8, 4) is 5.75 Å². The van der Waals surface area contributed by atoms with Crippen LogP contribution in [0.5, 0.6) is 5.75 Å². The predicted molar refractivity (Wildman–Crippen MR) is 57.9 cm³/mol. The van der Waals surface area contributed by atoms with Crippen LogP contribution >= 0.6 is 22.6 Å². The van der Waals surface area contributed by atoms with E-state index in [9.17, 15) is 8.78 Å². The van der Waals surface area contributed by atoms with Crippen LogP contribution in [0.4, 0.5) is 8.78 Å². The summed E-state index contributed by atoms with van der Waals surface area (Å²) in [5.41, 5.74) is 1.12. The van der Waals surface area contributed by atoms with Crippen LogP contribution in [0.15, 0.2) is 6.07 Å². The Morgan fingerprint density at radius 3 is 2.86 bits per heavy atom. The highest BCUT2D eigenvalue weighted by Gasteiger charge is 2.24. The van der Waals surface area contributed by atoms with Crippen molar-refractivity contribution in [3.05, 3.63) is 28.8 Å². The number of ether oxygens (including phenoxy) is 1. The summed E-state index contributed by atoms with van der Waals surface area (Å²) >= 11 is 2.08. The number of rotatable bonds is 0. The zero-order valence-electron chi connectivity index (χ0n) is 7.61. The molecule has 76 valence electrons. The van der Waals surface area contributed by atoms with Crippen LogP contribution in [0.3, 0.4) is 0 Å². The molecular weight excluding hydrogens is 301 g/mol. The molecule has 0 spiro atoms. The second-order valence-corrected chi connectivity index (χ2v) is 4.77. The lowest BCUT2D eigenvalue weighted by Crippen LogP contribution is -2.18. The molecule has 1 aromatic rings. The molecule has 0 saturated carbocycles. The van der Waals surface area contributed by atoms with Gasteiger partial charge in [-0.3, -0.25) is 0 Å². The molecule has 0 radical (unpaired) electrons. The molecule has 1 aromatic carbocycles. The number of hydrogen-bond donors (Lipinski definition) is 0. The van der Waals surface area contributed by atoms with Crippen molar-refractivity contribution in [3.63, 3.8) is 0 Å². The van der Waals surface area contributed by atoms with Gasteiger partial charge in [-0.2, -0.15) is 4.39 Å². The minimum absolute atomic E-state index is 0.0586. The maximum atomic E-state index is 13.4. The van der Waals surface area contributed by atoms with E-state index in [4.69, 9.17) is 4.74 Å². The molecule has 14 heavy (non-hydrogen) atoms. The summed E-state index contributed by atoms with van der Waals surface area (Å²) in [4.78, 5) is 0.